The molecule has 0 spiro atoms. The number of carbonyl (C=O) groups excluding carboxylic acids is 1. The first-order chi connectivity index (χ1) is 12.4. The monoisotopic (exact) mass is 388 g/mol. The zero-order valence-corrected chi connectivity index (χ0v) is 15.7. The molecule has 1 aromatic heterocycles. The Balaban J connectivity index is 1.77. The molecule has 1 aliphatic heterocycles. The molecule has 4 rings (SSSR count). The number of nitrogens with zero attached hydrogens (tertiary/aromatic N) is 1. The Labute approximate surface area is 161 Å². The standard InChI is InChI=1S/C20H18Cl2N2O2/c1-11(25)16-9-24(20(26)12-3-2-4-13(21)7-12)10-18-19(16)15-8-14(22)5-6-17(15)23-18/h2-8,11,16,23,25H,9-10H2,1H3. The first-order valence-electron chi connectivity index (χ1n) is 8.47. The molecule has 2 atom stereocenters. The second-order valence-corrected chi connectivity index (χ2v) is 7.62. The van der Waals surface area contributed by atoms with Crippen molar-refractivity contribution in [2.75, 3.05) is 6.54 Å². The summed E-state index contributed by atoms with van der Waals surface area (Å²) in [6, 6.07) is 12.6. The minimum absolute atomic E-state index is 0.0968. The highest BCUT2D eigenvalue weighted by Crippen LogP contribution is 2.38. The lowest BCUT2D eigenvalue weighted by Crippen LogP contribution is -2.41. The third-order valence-corrected chi connectivity index (χ3v) is 5.43. The number of H-pyrrole nitrogens is 1. The average molecular weight is 389 g/mol. The van der Waals surface area contributed by atoms with Gasteiger partial charge in [0.1, 0.15) is 0 Å². The van der Waals surface area contributed by atoms with Crippen molar-refractivity contribution < 1.29 is 9.90 Å². The fourth-order valence-electron chi connectivity index (χ4n) is 3.73. The first-order valence-corrected chi connectivity index (χ1v) is 9.22. The lowest BCUT2D eigenvalue weighted by molar-refractivity contribution is 0.0647. The third-order valence-electron chi connectivity index (χ3n) is 4.96. The predicted molar refractivity (Wildman–Crippen MR) is 104 cm³/mol. The molecule has 4 nitrogen and oxygen atoms in total. The van der Waals surface area contributed by atoms with Crippen LogP contribution in [0.4, 0.5) is 0 Å². The minimum atomic E-state index is -0.596. The summed E-state index contributed by atoms with van der Waals surface area (Å²) in [5.41, 5.74) is 3.49. The molecule has 1 amide bonds. The molecule has 0 fully saturated rings. The van der Waals surface area contributed by atoms with Crippen molar-refractivity contribution in [3.05, 3.63) is 69.3 Å². The van der Waals surface area contributed by atoms with Crippen LogP contribution in [0.5, 0.6) is 0 Å². The maximum absolute atomic E-state index is 12.9. The number of aliphatic hydroxyl groups is 1. The van der Waals surface area contributed by atoms with Crippen LogP contribution in [0.1, 0.15) is 34.5 Å². The van der Waals surface area contributed by atoms with Crippen LogP contribution in [-0.4, -0.2) is 33.5 Å². The van der Waals surface area contributed by atoms with Crippen molar-refractivity contribution in [1.29, 1.82) is 0 Å². The molecule has 2 unspecified atom stereocenters. The molecule has 6 heteroatoms. The van der Waals surface area contributed by atoms with Gasteiger partial charge in [-0.25, -0.2) is 0 Å². The summed E-state index contributed by atoms with van der Waals surface area (Å²) in [6.45, 7) is 2.65. The number of fused-ring (bicyclic) bond motifs is 3. The Morgan fingerprint density at radius 2 is 2.00 bits per heavy atom. The number of nitrogens with one attached hydrogen (secondary N) is 1. The molecular formula is C20H18Cl2N2O2. The second kappa shape index (κ2) is 6.62. The van der Waals surface area contributed by atoms with Gasteiger partial charge in [-0.15, -0.1) is 0 Å². The number of benzene rings is 2. The van der Waals surface area contributed by atoms with Gasteiger partial charge in [0.05, 0.1) is 12.6 Å². The number of aliphatic hydroxyl groups excluding tert-OH is 1. The number of amides is 1. The van der Waals surface area contributed by atoms with Gasteiger partial charge in [-0.1, -0.05) is 29.3 Å². The van der Waals surface area contributed by atoms with E-state index in [4.69, 9.17) is 23.2 Å². The highest BCUT2D eigenvalue weighted by molar-refractivity contribution is 6.31. The van der Waals surface area contributed by atoms with Gasteiger partial charge in [-0.05, 0) is 48.9 Å². The van der Waals surface area contributed by atoms with E-state index in [0.29, 0.717) is 28.7 Å². The van der Waals surface area contributed by atoms with E-state index in [1.54, 1.807) is 36.1 Å². The van der Waals surface area contributed by atoms with Crippen LogP contribution in [0, 0.1) is 0 Å². The van der Waals surface area contributed by atoms with Crippen LogP contribution in [0.15, 0.2) is 42.5 Å². The minimum Gasteiger partial charge on any atom is -0.393 e. The molecule has 0 saturated carbocycles. The number of aromatic nitrogens is 1. The van der Waals surface area contributed by atoms with Gasteiger partial charge in [-0.3, -0.25) is 4.79 Å². The van der Waals surface area contributed by atoms with Crippen LogP contribution in [0.3, 0.4) is 0 Å². The normalized spacial score (nSPS) is 18.0. The van der Waals surface area contributed by atoms with E-state index in [1.807, 2.05) is 18.2 Å². The summed E-state index contributed by atoms with van der Waals surface area (Å²) in [7, 11) is 0. The van der Waals surface area contributed by atoms with Crippen LogP contribution >= 0.6 is 23.2 Å². The summed E-state index contributed by atoms with van der Waals surface area (Å²) in [5, 5.41) is 12.6. The van der Waals surface area contributed by atoms with Crippen molar-refractivity contribution in [1.82, 2.24) is 9.88 Å². The third kappa shape index (κ3) is 2.98. The van der Waals surface area contributed by atoms with Crippen molar-refractivity contribution >= 4 is 40.0 Å². The Morgan fingerprint density at radius 1 is 1.23 bits per heavy atom. The van der Waals surface area contributed by atoms with E-state index in [1.165, 1.54) is 0 Å². The maximum Gasteiger partial charge on any atom is 0.254 e. The predicted octanol–water partition coefficient (Wildman–Crippen LogP) is 4.60. The lowest BCUT2D eigenvalue weighted by Gasteiger charge is -2.34. The van der Waals surface area contributed by atoms with Crippen LogP contribution in [0.25, 0.3) is 10.9 Å². The van der Waals surface area contributed by atoms with Crippen LogP contribution < -0.4 is 0 Å². The number of carbonyl (C=O) groups is 1. The molecule has 134 valence electrons. The van der Waals surface area contributed by atoms with Gasteiger partial charge in [-0.2, -0.15) is 0 Å². The number of hydrogen-bond donors (Lipinski definition) is 2. The highest BCUT2D eigenvalue weighted by Gasteiger charge is 2.34. The molecular weight excluding hydrogens is 371 g/mol. The van der Waals surface area contributed by atoms with E-state index >= 15 is 0 Å². The Hall–Kier alpha value is -2.01. The molecule has 2 heterocycles. The van der Waals surface area contributed by atoms with Gasteiger partial charge in [0.2, 0.25) is 0 Å². The fourth-order valence-corrected chi connectivity index (χ4v) is 4.09. The Bertz CT molecular complexity index is 997. The molecule has 0 radical (unpaired) electrons. The van der Waals surface area contributed by atoms with E-state index in [0.717, 1.165) is 22.2 Å². The zero-order valence-electron chi connectivity index (χ0n) is 14.2. The Morgan fingerprint density at radius 3 is 2.73 bits per heavy atom. The van der Waals surface area contributed by atoms with Gasteiger partial charge in [0.15, 0.2) is 0 Å². The number of rotatable bonds is 2. The summed E-state index contributed by atoms with van der Waals surface area (Å²) in [4.78, 5) is 18.1. The van der Waals surface area contributed by atoms with Crippen molar-refractivity contribution in [2.45, 2.75) is 25.5 Å². The van der Waals surface area contributed by atoms with E-state index in [2.05, 4.69) is 4.98 Å². The van der Waals surface area contributed by atoms with Gasteiger partial charge >= 0.3 is 0 Å². The summed E-state index contributed by atoms with van der Waals surface area (Å²) >= 11 is 12.2. The Kier molecular flexibility index (Phi) is 4.43. The first kappa shape index (κ1) is 17.4. The maximum atomic E-state index is 12.9. The number of aromatic amines is 1. The summed E-state index contributed by atoms with van der Waals surface area (Å²) < 4.78 is 0. The fraction of sp³-hybridized carbons (Fsp3) is 0.250. The van der Waals surface area contributed by atoms with E-state index in [9.17, 15) is 9.90 Å². The summed E-state index contributed by atoms with van der Waals surface area (Å²) in [6.07, 6.45) is -0.596. The molecule has 3 aromatic rings. The number of halogens is 2. The number of hydrogen-bond acceptors (Lipinski definition) is 2. The molecule has 2 aromatic carbocycles. The largest absolute Gasteiger partial charge is 0.393 e. The molecule has 26 heavy (non-hydrogen) atoms. The smallest absolute Gasteiger partial charge is 0.254 e. The zero-order chi connectivity index (χ0) is 18.4. The van der Waals surface area contributed by atoms with Gasteiger partial charge in [0, 0.05) is 44.7 Å². The van der Waals surface area contributed by atoms with Gasteiger partial charge in [0.25, 0.3) is 5.91 Å². The quantitative estimate of drug-likeness (QED) is 0.673. The highest BCUT2D eigenvalue weighted by atomic mass is 35.5. The van der Waals surface area contributed by atoms with Crippen molar-refractivity contribution in [3.63, 3.8) is 0 Å². The lowest BCUT2D eigenvalue weighted by atomic mass is 9.88. The van der Waals surface area contributed by atoms with Crippen LogP contribution in [-0.2, 0) is 6.54 Å². The average Bonchev–Trinajstić information content (AvgIpc) is 2.97. The molecule has 0 saturated heterocycles. The second-order valence-electron chi connectivity index (χ2n) is 6.75. The van der Waals surface area contributed by atoms with Crippen molar-refractivity contribution in [3.8, 4) is 0 Å². The van der Waals surface area contributed by atoms with E-state index < -0.39 is 6.10 Å². The van der Waals surface area contributed by atoms with Crippen molar-refractivity contribution in [2.24, 2.45) is 0 Å². The van der Waals surface area contributed by atoms with Gasteiger partial charge < -0.3 is 15.0 Å². The molecule has 0 bridgehead atoms. The van der Waals surface area contributed by atoms with E-state index in [-0.39, 0.29) is 11.8 Å². The molecule has 2 N–H and O–H groups in total. The molecule has 1 aliphatic rings. The SMILES string of the molecule is CC(O)C1CN(C(=O)c2cccc(Cl)c2)Cc2[nH]c3ccc(Cl)cc3c21. The molecule has 0 aliphatic carbocycles. The topological polar surface area (TPSA) is 56.3 Å². The summed E-state index contributed by atoms with van der Waals surface area (Å²) in [5.74, 6) is -0.283. The van der Waals surface area contributed by atoms with Crippen LogP contribution in [0.2, 0.25) is 10.0 Å².